The van der Waals surface area contributed by atoms with Gasteiger partial charge in [-0.05, 0) is 54.0 Å². The minimum atomic E-state index is -4.94. The van der Waals surface area contributed by atoms with E-state index in [-0.39, 0.29) is 34.9 Å². The molecule has 0 aliphatic heterocycles. The van der Waals surface area contributed by atoms with E-state index in [1.807, 2.05) is 0 Å². The van der Waals surface area contributed by atoms with Crippen LogP contribution in [0.15, 0.2) is 49.0 Å². The number of carbonyl (C=O) groups is 1. The molecule has 0 saturated carbocycles. The fraction of sp³-hybridized carbons (Fsp3) is 0.211. The molecule has 2 aromatic rings. The Kier molecular flexibility index (Phi) is 5.67. The molecule has 2 nitrogen and oxygen atoms in total. The lowest BCUT2D eigenvalue weighted by molar-refractivity contribution is -0.143. The molecule has 0 amide bonds. The fourth-order valence-electron chi connectivity index (χ4n) is 2.32. The van der Waals surface area contributed by atoms with Crippen LogP contribution in [-0.4, -0.2) is 12.6 Å². The highest BCUT2D eigenvalue weighted by Gasteiger charge is 2.37. The largest absolute Gasteiger partial charge is 0.462 e. The van der Waals surface area contributed by atoms with Gasteiger partial charge in [-0.2, -0.15) is 26.3 Å². The van der Waals surface area contributed by atoms with Gasteiger partial charge in [0.05, 0.1) is 23.3 Å². The molecule has 0 aromatic heterocycles. The van der Waals surface area contributed by atoms with Crippen LogP contribution in [0.3, 0.4) is 0 Å². The molecule has 0 aliphatic carbocycles. The lowest BCUT2D eigenvalue weighted by atomic mass is 9.95. The Hall–Kier alpha value is -2.77. The topological polar surface area (TPSA) is 26.3 Å². The maximum Gasteiger partial charge on any atom is 0.416 e. The van der Waals surface area contributed by atoms with E-state index in [9.17, 15) is 31.1 Å². The molecule has 0 saturated heterocycles. The molecule has 0 unspecified atom stereocenters. The molecular formula is C19H14F6O2. The van der Waals surface area contributed by atoms with Crippen LogP contribution in [0.5, 0.6) is 0 Å². The van der Waals surface area contributed by atoms with E-state index in [0.29, 0.717) is 12.1 Å². The van der Waals surface area contributed by atoms with Crippen LogP contribution in [0.2, 0.25) is 0 Å². The summed E-state index contributed by atoms with van der Waals surface area (Å²) >= 11 is 0. The van der Waals surface area contributed by atoms with Gasteiger partial charge in [0.2, 0.25) is 0 Å². The predicted molar refractivity (Wildman–Crippen MR) is 87.0 cm³/mol. The van der Waals surface area contributed by atoms with Crippen LogP contribution >= 0.6 is 0 Å². The van der Waals surface area contributed by atoms with Crippen molar-refractivity contribution in [1.82, 2.24) is 0 Å². The quantitative estimate of drug-likeness (QED) is 0.477. The predicted octanol–water partition coefficient (Wildman–Crippen LogP) is 5.96. The Labute approximate surface area is 151 Å². The van der Waals surface area contributed by atoms with Gasteiger partial charge in [-0.15, -0.1) is 0 Å². The van der Waals surface area contributed by atoms with Gasteiger partial charge in [0.15, 0.2) is 0 Å². The monoisotopic (exact) mass is 388 g/mol. The summed E-state index contributed by atoms with van der Waals surface area (Å²) in [6.45, 7) is 5.39. The van der Waals surface area contributed by atoms with Crippen molar-refractivity contribution in [3.05, 3.63) is 76.9 Å². The normalized spacial score (nSPS) is 12.0. The number of alkyl halides is 6. The zero-order chi connectivity index (χ0) is 20.4. The Bertz CT molecular complexity index is 816. The second-order valence-corrected chi connectivity index (χ2v) is 5.57. The summed E-state index contributed by atoms with van der Waals surface area (Å²) < 4.78 is 82.6. The molecule has 0 radical (unpaired) electrons. The summed E-state index contributed by atoms with van der Waals surface area (Å²) in [6.07, 6.45) is -9.88. The molecule has 144 valence electrons. The van der Waals surface area contributed by atoms with Gasteiger partial charge in [0.1, 0.15) is 0 Å². The van der Waals surface area contributed by atoms with Crippen molar-refractivity contribution in [1.29, 1.82) is 0 Å². The maximum atomic E-state index is 13.0. The van der Waals surface area contributed by atoms with Crippen LogP contribution in [0.1, 0.15) is 39.5 Å². The Morgan fingerprint density at radius 1 is 0.852 bits per heavy atom. The third-order valence-corrected chi connectivity index (χ3v) is 3.68. The lowest BCUT2D eigenvalue weighted by Crippen LogP contribution is -2.11. The van der Waals surface area contributed by atoms with Gasteiger partial charge >= 0.3 is 18.3 Å². The number of rotatable bonds is 4. The molecule has 2 rings (SSSR count). The third-order valence-electron chi connectivity index (χ3n) is 3.68. The van der Waals surface area contributed by atoms with Crippen molar-refractivity contribution in [2.24, 2.45) is 0 Å². The van der Waals surface area contributed by atoms with Gasteiger partial charge in [-0.1, -0.05) is 18.7 Å². The van der Waals surface area contributed by atoms with Crippen molar-refractivity contribution in [3.63, 3.8) is 0 Å². The summed E-state index contributed by atoms with van der Waals surface area (Å²) in [5.41, 5.74) is -2.72. The summed E-state index contributed by atoms with van der Waals surface area (Å²) in [6, 6.07) is 6.74. The standard InChI is InChI=1S/C19H14F6O2/c1-3-27-17(26)13-6-4-12(5-7-13)11(2)14-8-15(18(20,21)22)10-16(9-14)19(23,24)25/h4-10H,2-3H2,1H3. The molecular weight excluding hydrogens is 374 g/mol. The zero-order valence-corrected chi connectivity index (χ0v) is 14.0. The molecule has 0 N–H and O–H groups in total. The first-order valence-corrected chi connectivity index (χ1v) is 7.69. The molecule has 2 aromatic carbocycles. The van der Waals surface area contributed by atoms with Crippen LogP contribution in [0.4, 0.5) is 26.3 Å². The van der Waals surface area contributed by atoms with Crippen LogP contribution in [0.25, 0.3) is 5.57 Å². The number of benzene rings is 2. The fourth-order valence-corrected chi connectivity index (χ4v) is 2.32. The molecule has 0 aliphatic rings. The second kappa shape index (κ2) is 7.46. The minimum Gasteiger partial charge on any atom is -0.462 e. The van der Waals surface area contributed by atoms with Gasteiger partial charge in [0.25, 0.3) is 0 Å². The highest BCUT2D eigenvalue weighted by molar-refractivity contribution is 5.90. The number of ether oxygens (including phenoxy) is 1. The Morgan fingerprint density at radius 3 is 1.70 bits per heavy atom. The second-order valence-electron chi connectivity index (χ2n) is 5.57. The van der Waals surface area contributed by atoms with Gasteiger partial charge in [0, 0.05) is 0 Å². The highest BCUT2D eigenvalue weighted by Crippen LogP contribution is 2.38. The van der Waals surface area contributed by atoms with E-state index in [4.69, 9.17) is 4.74 Å². The van der Waals surface area contributed by atoms with E-state index in [1.165, 1.54) is 24.3 Å². The van der Waals surface area contributed by atoms with E-state index >= 15 is 0 Å². The maximum absolute atomic E-state index is 13.0. The molecule has 0 atom stereocenters. The average molecular weight is 388 g/mol. The SMILES string of the molecule is C=C(c1ccc(C(=O)OCC)cc1)c1cc(C(F)(F)F)cc(C(F)(F)F)c1. The average Bonchev–Trinajstić information content (AvgIpc) is 2.59. The molecule has 8 heteroatoms. The van der Waals surface area contributed by atoms with Crippen LogP contribution in [-0.2, 0) is 17.1 Å². The summed E-state index contributed by atoms with van der Waals surface area (Å²) in [5, 5.41) is 0. The van der Waals surface area contributed by atoms with Crippen molar-refractivity contribution in [3.8, 4) is 0 Å². The minimum absolute atomic E-state index is 0.0398. The first-order valence-electron chi connectivity index (χ1n) is 7.69. The first kappa shape index (κ1) is 20.5. The van der Waals surface area contributed by atoms with Crippen molar-refractivity contribution in [2.75, 3.05) is 6.61 Å². The number of esters is 1. The van der Waals surface area contributed by atoms with Crippen molar-refractivity contribution < 1.29 is 35.9 Å². The zero-order valence-electron chi connectivity index (χ0n) is 14.0. The summed E-state index contributed by atoms with van der Waals surface area (Å²) in [5.74, 6) is -0.590. The highest BCUT2D eigenvalue weighted by atomic mass is 19.4. The van der Waals surface area contributed by atoms with E-state index < -0.39 is 29.4 Å². The number of carbonyl (C=O) groups excluding carboxylic acids is 1. The molecule has 0 bridgehead atoms. The number of hydrogen-bond donors (Lipinski definition) is 0. The third kappa shape index (κ3) is 4.90. The molecule has 0 heterocycles. The van der Waals surface area contributed by atoms with Gasteiger partial charge in [-0.3, -0.25) is 0 Å². The number of hydrogen-bond acceptors (Lipinski definition) is 2. The number of halogens is 6. The van der Waals surface area contributed by atoms with Gasteiger partial charge < -0.3 is 4.74 Å². The first-order chi connectivity index (χ1) is 12.4. The molecule has 0 spiro atoms. The lowest BCUT2D eigenvalue weighted by Gasteiger charge is -2.15. The molecule has 27 heavy (non-hydrogen) atoms. The van der Waals surface area contributed by atoms with Crippen molar-refractivity contribution in [2.45, 2.75) is 19.3 Å². The van der Waals surface area contributed by atoms with Crippen LogP contribution in [0, 0.1) is 0 Å². The van der Waals surface area contributed by atoms with E-state index in [2.05, 4.69) is 6.58 Å². The Morgan fingerprint density at radius 2 is 1.30 bits per heavy atom. The van der Waals surface area contributed by atoms with Crippen molar-refractivity contribution >= 4 is 11.5 Å². The molecule has 0 fully saturated rings. The summed E-state index contributed by atoms with van der Waals surface area (Å²) in [4.78, 5) is 11.6. The smallest absolute Gasteiger partial charge is 0.416 e. The summed E-state index contributed by atoms with van der Waals surface area (Å²) in [7, 11) is 0. The van der Waals surface area contributed by atoms with Crippen LogP contribution < -0.4 is 0 Å². The Balaban J connectivity index is 2.44. The van der Waals surface area contributed by atoms with E-state index in [1.54, 1.807) is 6.92 Å². The van der Waals surface area contributed by atoms with Gasteiger partial charge in [-0.25, -0.2) is 4.79 Å². The van der Waals surface area contributed by atoms with E-state index in [0.717, 1.165) is 0 Å².